The van der Waals surface area contributed by atoms with Crippen LogP contribution in [0.4, 0.5) is 5.69 Å². The Morgan fingerprint density at radius 1 is 1.29 bits per heavy atom. The Bertz CT molecular complexity index is 712. The number of benzene rings is 1. The highest BCUT2D eigenvalue weighted by Crippen LogP contribution is 2.20. The van der Waals surface area contributed by atoms with Gasteiger partial charge in [0, 0.05) is 11.7 Å². The molecule has 1 atom stereocenters. The molecule has 0 spiro atoms. The van der Waals surface area contributed by atoms with Crippen LogP contribution >= 0.6 is 0 Å². The fourth-order valence-electron chi connectivity index (χ4n) is 1.89. The van der Waals surface area contributed by atoms with Crippen LogP contribution in [0.5, 0.6) is 0 Å². The minimum atomic E-state index is -3.64. The minimum Gasteiger partial charge on any atom is -0.324 e. The van der Waals surface area contributed by atoms with Crippen LogP contribution < -0.4 is 10.5 Å². The van der Waals surface area contributed by atoms with Gasteiger partial charge in [-0.15, -0.1) is 0 Å². The van der Waals surface area contributed by atoms with Gasteiger partial charge < -0.3 is 5.73 Å². The maximum Gasteiger partial charge on any atom is 0.261 e. The molecule has 0 saturated heterocycles. The molecule has 2 rings (SSSR count). The third-order valence-electron chi connectivity index (χ3n) is 3.20. The number of anilines is 1. The first-order chi connectivity index (χ1) is 9.92. The van der Waals surface area contributed by atoms with Crippen molar-refractivity contribution in [2.45, 2.75) is 31.2 Å². The Morgan fingerprint density at radius 2 is 2.05 bits per heavy atom. The van der Waals surface area contributed by atoms with Crippen LogP contribution in [-0.2, 0) is 10.0 Å². The van der Waals surface area contributed by atoms with E-state index in [4.69, 9.17) is 5.73 Å². The van der Waals surface area contributed by atoms with Gasteiger partial charge in [0.1, 0.15) is 0 Å². The van der Waals surface area contributed by atoms with E-state index in [0.717, 1.165) is 17.7 Å². The summed E-state index contributed by atoms with van der Waals surface area (Å²) in [5.41, 5.74) is 8.02. The Labute approximate surface area is 125 Å². The van der Waals surface area contributed by atoms with Gasteiger partial charge in [-0.25, -0.2) is 8.42 Å². The number of pyridine rings is 1. The van der Waals surface area contributed by atoms with E-state index in [1.54, 1.807) is 30.3 Å². The smallest absolute Gasteiger partial charge is 0.261 e. The standard InChI is InChI=1S/C15H19N3O2S/c1-3-15(16)12-5-4-6-14(9-12)21(19,20)18-13-8-7-11(2)17-10-13/h4-10,15,18H,3,16H2,1-2H3. The largest absolute Gasteiger partial charge is 0.324 e. The van der Waals surface area contributed by atoms with Crippen molar-refractivity contribution in [1.29, 1.82) is 0 Å². The number of sulfonamides is 1. The molecule has 6 heteroatoms. The normalized spacial score (nSPS) is 12.9. The van der Waals surface area contributed by atoms with Crippen molar-refractivity contribution in [1.82, 2.24) is 4.98 Å². The van der Waals surface area contributed by atoms with Crippen molar-refractivity contribution in [2.75, 3.05) is 4.72 Å². The van der Waals surface area contributed by atoms with Crippen LogP contribution in [0.25, 0.3) is 0 Å². The lowest BCUT2D eigenvalue weighted by Crippen LogP contribution is -2.15. The predicted molar refractivity (Wildman–Crippen MR) is 83.4 cm³/mol. The van der Waals surface area contributed by atoms with Gasteiger partial charge in [-0.05, 0) is 43.2 Å². The molecule has 0 bridgehead atoms. The van der Waals surface area contributed by atoms with Crippen LogP contribution in [0, 0.1) is 6.92 Å². The number of nitrogens with one attached hydrogen (secondary N) is 1. The zero-order valence-electron chi connectivity index (χ0n) is 12.1. The number of hydrogen-bond donors (Lipinski definition) is 2. The van der Waals surface area contributed by atoms with Gasteiger partial charge in [0.2, 0.25) is 0 Å². The molecular formula is C15H19N3O2S. The van der Waals surface area contributed by atoms with Crippen molar-refractivity contribution in [3.63, 3.8) is 0 Å². The molecule has 0 aliphatic carbocycles. The molecule has 1 aromatic carbocycles. The van der Waals surface area contributed by atoms with E-state index in [0.29, 0.717) is 5.69 Å². The van der Waals surface area contributed by atoms with E-state index in [1.165, 1.54) is 6.20 Å². The summed E-state index contributed by atoms with van der Waals surface area (Å²) in [6.45, 7) is 3.80. The molecule has 0 fully saturated rings. The molecule has 112 valence electrons. The number of hydrogen-bond acceptors (Lipinski definition) is 4. The summed E-state index contributed by atoms with van der Waals surface area (Å²) < 4.78 is 27.3. The highest BCUT2D eigenvalue weighted by molar-refractivity contribution is 7.92. The van der Waals surface area contributed by atoms with Gasteiger partial charge in [0.15, 0.2) is 0 Å². The molecule has 1 aromatic heterocycles. The van der Waals surface area contributed by atoms with Crippen LogP contribution in [0.1, 0.15) is 30.6 Å². The monoisotopic (exact) mass is 305 g/mol. The van der Waals surface area contributed by atoms with Gasteiger partial charge in [0.05, 0.1) is 16.8 Å². The summed E-state index contributed by atoms with van der Waals surface area (Å²) in [6, 6.07) is 9.96. The summed E-state index contributed by atoms with van der Waals surface area (Å²) >= 11 is 0. The molecule has 0 aliphatic rings. The number of nitrogens with zero attached hydrogens (tertiary/aromatic N) is 1. The van der Waals surface area contributed by atoms with Crippen molar-refractivity contribution in [2.24, 2.45) is 5.73 Å². The average molecular weight is 305 g/mol. The maximum absolute atomic E-state index is 12.4. The lowest BCUT2D eigenvalue weighted by Gasteiger charge is -2.12. The molecule has 0 amide bonds. The molecular weight excluding hydrogens is 286 g/mol. The first-order valence-corrected chi connectivity index (χ1v) is 8.21. The van der Waals surface area contributed by atoms with Crippen molar-refractivity contribution in [3.8, 4) is 0 Å². The number of aryl methyl sites for hydroxylation is 1. The quantitative estimate of drug-likeness (QED) is 0.889. The van der Waals surface area contributed by atoms with Crippen LogP contribution in [0.2, 0.25) is 0 Å². The van der Waals surface area contributed by atoms with Crippen molar-refractivity contribution >= 4 is 15.7 Å². The zero-order valence-corrected chi connectivity index (χ0v) is 12.9. The second-order valence-electron chi connectivity index (χ2n) is 4.88. The van der Waals surface area contributed by atoms with Crippen LogP contribution in [-0.4, -0.2) is 13.4 Å². The number of aromatic nitrogens is 1. The minimum absolute atomic E-state index is 0.166. The predicted octanol–water partition coefficient (Wildman–Crippen LogP) is 2.60. The van der Waals surface area contributed by atoms with Gasteiger partial charge >= 0.3 is 0 Å². The summed E-state index contributed by atoms with van der Waals surface area (Å²) in [6.07, 6.45) is 2.24. The van der Waals surface area contributed by atoms with Crippen LogP contribution in [0.3, 0.4) is 0 Å². The SMILES string of the molecule is CCC(N)c1cccc(S(=O)(=O)Nc2ccc(C)nc2)c1. The van der Waals surface area contributed by atoms with E-state index in [1.807, 2.05) is 19.9 Å². The Balaban J connectivity index is 2.29. The molecule has 21 heavy (non-hydrogen) atoms. The van der Waals surface area contributed by atoms with Gasteiger partial charge in [-0.1, -0.05) is 19.1 Å². The third kappa shape index (κ3) is 3.80. The van der Waals surface area contributed by atoms with E-state index in [2.05, 4.69) is 9.71 Å². The summed E-state index contributed by atoms with van der Waals surface area (Å²) in [5.74, 6) is 0. The van der Waals surface area contributed by atoms with Crippen molar-refractivity contribution < 1.29 is 8.42 Å². The fraction of sp³-hybridized carbons (Fsp3) is 0.267. The Morgan fingerprint density at radius 3 is 2.67 bits per heavy atom. The van der Waals surface area contributed by atoms with E-state index >= 15 is 0 Å². The van der Waals surface area contributed by atoms with Gasteiger partial charge in [0.25, 0.3) is 10.0 Å². The topological polar surface area (TPSA) is 85.1 Å². The molecule has 0 saturated carbocycles. The third-order valence-corrected chi connectivity index (χ3v) is 4.58. The molecule has 2 aromatic rings. The Kier molecular flexibility index (Phi) is 4.59. The molecule has 3 N–H and O–H groups in total. The Hall–Kier alpha value is -1.92. The van der Waals surface area contributed by atoms with Gasteiger partial charge in [-0.2, -0.15) is 0 Å². The molecule has 1 unspecified atom stereocenters. The summed E-state index contributed by atoms with van der Waals surface area (Å²) in [7, 11) is -3.64. The lowest BCUT2D eigenvalue weighted by molar-refractivity contribution is 0.600. The highest BCUT2D eigenvalue weighted by atomic mass is 32.2. The lowest BCUT2D eigenvalue weighted by atomic mass is 10.1. The summed E-state index contributed by atoms with van der Waals surface area (Å²) in [4.78, 5) is 4.27. The molecule has 1 heterocycles. The highest BCUT2D eigenvalue weighted by Gasteiger charge is 2.16. The second kappa shape index (κ2) is 6.24. The zero-order chi connectivity index (χ0) is 15.5. The first-order valence-electron chi connectivity index (χ1n) is 6.73. The summed E-state index contributed by atoms with van der Waals surface area (Å²) in [5, 5.41) is 0. The average Bonchev–Trinajstić information content (AvgIpc) is 2.49. The maximum atomic E-state index is 12.4. The van der Waals surface area contributed by atoms with E-state index < -0.39 is 10.0 Å². The van der Waals surface area contributed by atoms with Gasteiger partial charge in [-0.3, -0.25) is 9.71 Å². The second-order valence-corrected chi connectivity index (χ2v) is 6.56. The fourth-order valence-corrected chi connectivity index (χ4v) is 2.99. The molecule has 0 radical (unpaired) electrons. The first kappa shape index (κ1) is 15.5. The van der Waals surface area contributed by atoms with E-state index in [9.17, 15) is 8.42 Å². The van der Waals surface area contributed by atoms with Crippen LogP contribution in [0.15, 0.2) is 47.5 Å². The van der Waals surface area contributed by atoms with Crippen molar-refractivity contribution in [3.05, 3.63) is 53.9 Å². The number of rotatable bonds is 5. The molecule has 5 nitrogen and oxygen atoms in total. The van der Waals surface area contributed by atoms with E-state index in [-0.39, 0.29) is 10.9 Å². The molecule has 0 aliphatic heterocycles. The number of nitrogens with two attached hydrogens (primary N) is 1.